The predicted molar refractivity (Wildman–Crippen MR) is 68.2 cm³/mol. The van der Waals surface area contributed by atoms with Crippen molar-refractivity contribution in [3.63, 3.8) is 0 Å². The monoisotopic (exact) mass is 315 g/mol. The van der Waals surface area contributed by atoms with E-state index in [-0.39, 0.29) is 5.02 Å². The summed E-state index contributed by atoms with van der Waals surface area (Å²) in [6.45, 7) is 1.92. The van der Waals surface area contributed by atoms with E-state index in [4.69, 9.17) is 16.3 Å². The zero-order chi connectivity index (χ0) is 12.4. The van der Waals surface area contributed by atoms with Gasteiger partial charge < -0.3 is 4.74 Å². The molecule has 0 saturated carbocycles. The number of aromatic nitrogens is 1. The van der Waals surface area contributed by atoms with Crippen LogP contribution in [0.5, 0.6) is 11.6 Å². The summed E-state index contributed by atoms with van der Waals surface area (Å²) in [6.07, 6.45) is 1.67. The van der Waals surface area contributed by atoms with Crippen molar-refractivity contribution < 1.29 is 9.13 Å². The quantitative estimate of drug-likeness (QED) is 0.798. The molecule has 1 heterocycles. The van der Waals surface area contributed by atoms with Crippen LogP contribution in [-0.4, -0.2) is 4.98 Å². The molecule has 0 aliphatic carbocycles. The van der Waals surface area contributed by atoms with Crippen molar-refractivity contribution in [2.75, 3.05) is 0 Å². The Kier molecular flexibility index (Phi) is 3.64. The molecule has 0 saturated heterocycles. The molecule has 1 aromatic carbocycles. The molecule has 0 aliphatic rings. The normalized spacial score (nSPS) is 10.4. The fraction of sp³-hybridized carbons (Fsp3) is 0.0833. The fourth-order valence-corrected chi connectivity index (χ4v) is 1.91. The van der Waals surface area contributed by atoms with Crippen molar-refractivity contribution in [1.82, 2.24) is 4.98 Å². The minimum absolute atomic E-state index is 0.0632. The molecule has 2 nitrogen and oxygen atoms in total. The number of pyridine rings is 1. The van der Waals surface area contributed by atoms with Crippen LogP contribution in [0.3, 0.4) is 0 Å². The summed E-state index contributed by atoms with van der Waals surface area (Å²) in [6, 6.07) is 6.11. The minimum Gasteiger partial charge on any atom is -0.438 e. The average Bonchev–Trinajstić information content (AvgIpc) is 2.27. The first-order valence-electron chi connectivity index (χ1n) is 4.81. The maximum Gasteiger partial charge on any atom is 0.233 e. The van der Waals surface area contributed by atoms with Crippen molar-refractivity contribution >= 4 is 27.5 Å². The van der Waals surface area contributed by atoms with E-state index in [0.29, 0.717) is 16.1 Å². The van der Waals surface area contributed by atoms with Crippen LogP contribution >= 0.6 is 27.5 Å². The van der Waals surface area contributed by atoms with Gasteiger partial charge in [0, 0.05) is 12.3 Å². The van der Waals surface area contributed by atoms with Gasteiger partial charge in [0.05, 0.1) is 9.50 Å². The lowest BCUT2D eigenvalue weighted by Gasteiger charge is -2.07. The van der Waals surface area contributed by atoms with Gasteiger partial charge in [-0.3, -0.25) is 0 Å². The van der Waals surface area contributed by atoms with Crippen LogP contribution in [0.15, 0.2) is 34.9 Å². The second kappa shape index (κ2) is 5.02. The summed E-state index contributed by atoms with van der Waals surface area (Å²) >= 11 is 8.91. The van der Waals surface area contributed by atoms with E-state index < -0.39 is 5.82 Å². The van der Waals surface area contributed by atoms with Gasteiger partial charge >= 0.3 is 0 Å². The van der Waals surface area contributed by atoms with Gasteiger partial charge in [-0.1, -0.05) is 11.6 Å². The Morgan fingerprint density at radius 1 is 1.35 bits per heavy atom. The zero-order valence-electron chi connectivity index (χ0n) is 8.88. The second-order valence-corrected chi connectivity index (χ2v) is 4.74. The van der Waals surface area contributed by atoms with Gasteiger partial charge in [-0.15, -0.1) is 0 Å². The molecule has 0 unspecified atom stereocenters. The van der Waals surface area contributed by atoms with Gasteiger partial charge in [-0.25, -0.2) is 9.37 Å². The summed E-state index contributed by atoms with van der Waals surface area (Å²) in [5, 5.41) is 0.0632. The number of aryl methyl sites for hydroxylation is 1. The molecule has 2 rings (SSSR count). The van der Waals surface area contributed by atoms with Crippen LogP contribution in [-0.2, 0) is 0 Å². The highest BCUT2D eigenvalue weighted by Gasteiger charge is 2.07. The lowest BCUT2D eigenvalue weighted by molar-refractivity contribution is 0.455. The Morgan fingerprint density at radius 3 is 2.76 bits per heavy atom. The maximum atomic E-state index is 13.2. The summed E-state index contributed by atoms with van der Waals surface area (Å²) in [7, 11) is 0. The van der Waals surface area contributed by atoms with Crippen LogP contribution in [0.1, 0.15) is 5.56 Å². The molecule has 5 heteroatoms. The number of nitrogens with zero attached hydrogens (tertiary/aromatic N) is 1. The first kappa shape index (κ1) is 12.3. The van der Waals surface area contributed by atoms with E-state index in [9.17, 15) is 4.39 Å². The molecule has 2 aromatic rings. The van der Waals surface area contributed by atoms with Crippen molar-refractivity contribution in [2.24, 2.45) is 0 Å². The zero-order valence-corrected chi connectivity index (χ0v) is 11.2. The molecule has 1 aromatic heterocycles. The molecule has 0 aliphatic heterocycles. The number of benzene rings is 1. The summed E-state index contributed by atoms with van der Waals surface area (Å²) in [4.78, 5) is 4.10. The topological polar surface area (TPSA) is 22.1 Å². The molecule has 0 bridgehead atoms. The van der Waals surface area contributed by atoms with Crippen molar-refractivity contribution in [3.8, 4) is 11.6 Å². The Balaban J connectivity index is 2.28. The minimum atomic E-state index is -0.521. The molecule has 17 heavy (non-hydrogen) atoms. The van der Waals surface area contributed by atoms with Gasteiger partial charge in [0.25, 0.3) is 0 Å². The Bertz CT molecular complexity index is 562. The Hall–Kier alpha value is -1.13. The van der Waals surface area contributed by atoms with Gasteiger partial charge in [0.1, 0.15) is 11.6 Å². The van der Waals surface area contributed by atoms with Crippen molar-refractivity contribution in [3.05, 3.63) is 51.3 Å². The van der Waals surface area contributed by atoms with E-state index in [0.717, 1.165) is 5.56 Å². The first-order valence-corrected chi connectivity index (χ1v) is 5.98. The first-order chi connectivity index (χ1) is 8.06. The molecule has 0 fully saturated rings. The highest BCUT2D eigenvalue weighted by atomic mass is 79.9. The van der Waals surface area contributed by atoms with Gasteiger partial charge in [0.15, 0.2) is 0 Å². The summed E-state index contributed by atoms with van der Waals surface area (Å²) in [5.74, 6) is 0.216. The number of halogens is 3. The van der Waals surface area contributed by atoms with Gasteiger partial charge in [-0.05, 0) is 46.6 Å². The van der Waals surface area contributed by atoms with Crippen LogP contribution < -0.4 is 4.74 Å². The summed E-state index contributed by atoms with van der Waals surface area (Å²) in [5.41, 5.74) is 1.01. The number of ether oxygens (including phenoxy) is 1. The Labute approximate surface area is 112 Å². The molecular weight excluding hydrogens is 308 g/mol. The third-order valence-electron chi connectivity index (χ3n) is 2.05. The van der Waals surface area contributed by atoms with E-state index in [1.165, 1.54) is 12.1 Å². The van der Waals surface area contributed by atoms with Gasteiger partial charge in [-0.2, -0.15) is 0 Å². The van der Waals surface area contributed by atoms with E-state index in [1.54, 1.807) is 12.3 Å². The fourth-order valence-electron chi connectivity index (χ4n) is 1.25. The van der Waals surface area contributed by atoms with Crippen molar-refractivity contribution in [2.45, 2.75) is 6.92 Å². The molecule has 88 valence electrons. The molecule has 0 N–H and O–H groups in total. The molecule has 0 radical (unpaired) electrons. The van der Waals surface area contributed by atoms with Crippen LogP contribution in [0.25, 0.3) is 0 Å². The third kappa shape index (κ3) is 2.96. The van der Waals surface area contributed by atoms with Crippen LogP contribution in [0.4, 0.5) is 4.39 Å². The van der Waals surface area contributed by atoms with Crippen molar-refractivity contribution in [1.29, 1.82) is 0 Å². The lowest BCUT2D eigenvalue weighted by atomic mass is 10.3. The smallest absolute Gasteiger partial charge is 0.233 e. The average molecular weight is 317 g/mol. The number of hydrogen-bond donors (Lipinski definition) is 0. The van der Waals surface area contributed by atoms with Crippen LogP contribution in [0, 0.1) is 12.7 Å². The van der Waals surface area contributed by atoms with E-state index in [1.807, 2.05) is 13.0 Å². The molecular formula is C12H8BrClFNO. The number of rotatable bonds is 2. The molecule has 0 amide bonds. The van der Waals surface area contributed by atoms with Crippen LogP contribution in [0.2, 0.25) is 5.02 Å². The maximum absolute atomic E-state index is 13.2. The third-order valence-corrected chi connectivity index (χ3v) is 2.92. The predicted octanol–water partition coefficient (Wildman–Crippen LogP) is 4.74. The highest BCUT2D eigenvalue weighted by Crippen LogP contribution is 2.29. The SMILES string of the molecule is Cc1cnc(Oc2ccc(Cl)c(F)c2)c(Br)c1. The van der Waals surface area contributed by atoms with Gasteiger partial charge in [0.2, 0.25) is 5.88 Å². The highest BCUT2D eigenvalue weighted by molar-refractivity contribution is 9.10. The molecule has 0 spiro atoms. The second-order valence-electron chi connectivity index (χ2n) is 3.48. The standard InChI is InChI=1S/C12H8BrClFNO/c1-7-4-9(13)12(16-6-7)17-8-2-3-10(14)11(15)5-8/h2-6H,1H3. The lowest BCUT2D eigenvalue weighted by Crippen LogP contribution is -1.90. The molecule has 0 atom stereocenters. The Morgan fingerprint density at radius 2 is 2.12 bits per heavy atom. The largest absolute Gasteiger partial charge is 0.438 e. The summed E-state index contributed by atoms with van der Waals surface area (Å²) < 4.78 is 19.4. The van der Waals surface area contributed by atoms with E-state index in [2.05, 4.69) is 20.9 Å². The number of hydrogen-bond acceptors (Lipinski definition) is 2. The van der Waals surface area contributed by atoms with E-state index >= 15 is 0 Å².